The average Bonchev–Trinajstić information content (AvgIpc) is 3.17. The predicted molar refractivity (Wildman–Crippen MR) is 105 cm³/mol. The fourth-order valence-corrected chi connectivity index (χ4v) is 2.47. The number of carbonyl (C=O) groups is 2. The highest BCUT2D eigenvalue weighted by molar-refractivity contribution is 6.30. The zero-order valence-electron chi connectivity index (χ0n) is 15.7. The van der Waals surface area contributed by atoms with E-state index in [1.807, 2.05) is 0 Å². The molecule has 1 atom stereocenters. The largest absolute Gasteiger partial charge is 0.497 e. The lowest BCUT2D eigenvalue weighted by Crippen LogP contribution is -2.31. The molecule has 29 heavy (non-hydrogen) atoms. The molecule has 0 spiro atoms. The number of esters is 1. The first kappa shape index (κ1) is 20.3. The number of rotatable bonds is 7. The van der Waals surface area contributed by atoms with Crippen LogP contribution in [0.3, 0.4) is 0 Å². The Morgan fingerprint density at radius 3 is 2.48 bits per heavy atom. The van der Waals surface area contributed by atoms with E-state index >= 15 is 0 Å². The Kier molecular flexibility index (Phi) is 6.40. The second kappa shape index (κ2) is 9.16. The lowest BCUT2D eigenvalue weighted by Gasteiger charge is -2.13. The summed E-state index contributed by atoms with van der Waals surface area (Å²) in [6.45, 7) is 1.20. The van der Waals surface area contributed by atoms with Gasteiger partial charge in [-0.05, 0) is 60.7 Å². The van der Waals surface area contributed by atoms with Crippen molar-refractivity contribution in [2.75, 3.05) is 12.4 Å². The van der Waals surface area contributed by atoms with Crippen molar-refractivity contribution < 1.29 is 19.1 Å². The van der Waals surface area contributed by atoms with Crippen LogP contribution in [0.4, 0.5) is 5.69 Å². The third-order valence-electron chi connectivity index (χ3n) is 3.86. The quantitative estimate of drug-likeness (QED) is 0.590. The van der Waals surface area contributed by atoms with Gasteiger partial charge < -0.3 is 14.8 Å². The molecule has 0 saturated carbocycles. The molecule has 0 unspecified atom stereocenters. The van der Waals surface area contributed by atoms with Crippen LogP contribution < -0.4 is 10.1 Å². The summed E-state index contributed by atoms with van der Waals surface area (Å²) in [5.41, 5.74) is 1.27. The number of carbonyl (C=O) groups excluding carboxylic acids is 2. The first-order valence-electron chi connectivity index (χ1n) is 8.63. The summed E-state index contributed by atoms with van der Waals surface area (Å²) in [4.78, 5) is 25.4. The van der Waals surface area contributed by atoms with Crippen molar-refractivity contribution in [1.29, 1.82) is 0 Å². The van der Waals surface area contributed by atoms with Crippen LogP contribution in [0.2, 0.25) is 5.02 Å². The molecule has 9 nitrogen and oxygen atoms in total. The maximum Gasteiger partial charge on any atom is 0.330 e. The number of methoxy groups -OCH3 is 1. The van der Waals surface area contributed by atoms with Gasteiger partial charge >= 0.3 is 5.97 Å². The van der Waals surface area contributed by atoms with Crippen molar-refractivity contribution in [2.24, 2.45) is 0 Å². The lowest BCUT2D eigenvalue weighted by atomic mass is 10.2. The van der Waals surface area contributed by atoms with E-state index in [9.17, 15) is 9.59 Å². The van der Waals surface area contributed by atoms with Gasteiger partial charge in [0.15, 0.2) is 12.6 Å². The second-order valence-electron chi connectivity index (χ2n) is 6.00. The maximum absolute atomic E-state index is 12.2. The van der Waals surface area contributed by atoms with Crippen molar-refractivity contribution >= 4 is 29.2 Å². The average molecular weight is 416 g/mol. The number of nitrogens with one attached hydrogen (secondary N) is 1. The highest BCUT2D eigenvalue weighted by Crippen LogP contribution is 2.17. The van der Waals surface area contributed by atoms with E-state index in [4.69, 9.17) is 21.1 Å². The fraction of sp³-hybridized carbons (Fsp3) is 0.211. The number of hydrogen-bond donors (Lipinski definition) is 1. The van der Waals surface area contributed by atoms with Crippen molar-refractivity contribution in [3.8, 4) is 17.1 Å². The van der Waals surface area contributed by atoms with Gasteiger partial charge in [0.1, 0.15) is 5.75 Å². The van der Waals surface area contributed by atoms with E-state index in [1.54, 1.807) is 55.6 Å². The lowest BCUT2D eigenvalue weighted by molar-refractivity contribution is -0.154. The molecule has 1 N–H and O–H groups in total. The Labute approximate surface area is 171 Å². The third kappa shape index (κ3) is 5.52. The molecule has 1 heterocycles. The molecule has 3 aromatic rings. The third-order valence-corrected chi connectivity index (χ3v) is 4.11. The van der Waals surface area contributed by atoms with E-state index in [-0.39, 0.29) is 6.54 Å². The molecule has 3 rings (SSSR count). The smallest absolute Gasteiger partial charge is 0.330 e. The van der Waals surface area contributed by atoms with Gasteiger partial charge in [-0.3, -0.25) is 4.79 Å². The zero-order valence-corrected chi connectivity index (χ0v) is 16.5. The van der Waals surface area contributed by atoms with Gasteiger partial charge in [0.05, 0.1) is 7.11 Å². The molecule has 0 aliphatic carbocycles. The monoisotopic (exact) mass is 415 g/mol. The van der Waals surface area contributed by atoms with Crippen molar-refractivity contribution in [2.45, 2.75) is 19.6 Å². The van der Waals surface area contributed by atoms with Crippen LogP contribution in [0.5, 0.6) is 5.75 Å². The number of ether oxygens (including phenoxy) is 2. The normalized spacial score (nSPS) is 11.6. The molecule has 0 radical (unpaired) electrons. The molecule has 150 valence electrons. The Hall–Kier alpha value is -3.46. The number of benzene rings is 2. The summed E-state index contributed by atoms with van der Waals surface area (Å²) >= 11 is 5.85. The van der Waals surface area contributed by atoms with Gasteiger partial charge in [-0.1, -0.05) is 11.6 Å². The molecule has 0 aliphatic heterocycles. The van der Waals surface area contributed by atoms with Crippen LogP contribution in [-0.2, 0) is 20.9 Å². The van der Waals surface area contributed by atoms with Crippen LogP contribution in [0.15, 0.2) is 48.5 Å². The minimum absolute atomic E-state index is 0.277. The van der Waals surface area contributed by atoms with E-state index < -0.39 is 18.0 Å². The number of hydrogen-bond acceptors (Lipinski definition) is 7. The van der Waals surface area contributed by atoms with Gasteiger partial charge in [0, 0.05) is 16.3 Å². The first-order chi connectivity index (χ1) is 13.9. The fourth-order valence-electron chi connectivity index (χ4n) is 2.35. The SMILES string of the molecule is COc1ccc(NC(=O)[C@H](C)OC(=O)Cn2nnc(-c3ccc(Cl)cc3)n2)cc1. The Balaban J connectivity index is 1.53. The van der Waals surface area contributed by atoms with Crippen LogP contribution in [0.1, 0.15) is 6.92 Å². The molecule has 1 amide bonds. The van der Waals surface area contributed by atoms with Crippen molar-refractivity contribution in [3.63, 3.8) is 0 Å². The van der Waals surface area contributed by atoms with E-state index in [1.165, 1.54) is 6.92 Å². The molecule has 1 aromatic heterocycles. The van der Waals surface area contributed by atoms with Crippen LogP contribution in [0, 0.1) is 0 Å². The first-order valence-corrected chi connectivity index (χ1v) is 9.00. The number of anilines is 1. The summed E-state index contributed by atoms with van der Waals surface area (Å²) in [6.07, 6.45) is -0.996. The standard InChI is InChI=1S/C19H18ClN5O4/c1-12(19(27)21-15-7-9-16(28-2)10-8-15)29-17(26)11-25-23-18(22-24-25)13-3-5-14(20)6-4-13/h3-10,12H,11H2,1-2H3,(H,21,27)/t12-/m0/s1. The highest BCUT2D eigenvalue weighted by Gasteiger charge is 2.19. The molecule has 0 fully saturated rings. The molecule has 0 bridgehead atoms. The predicted octanol–water partition coefficient (Wildman–Crippen LogP) is 2.57. The minimum Gasteiger partial charge on any atom is -0.497 e. The number of nitrogens with zero attached hydrogens (tertiary/aromatic N) is 4. The Morgan fingerprint density at radius 2 is 1.83 bits per heavy atom. The van der Waals surface area contributed by atoms with Gasteiger partial charge in [-0.15, -0.1) is 10.2 Å². The van der Waals surface area contributed by atoms with E-state index in [0.717, 1.165) is 4.80 Å². The topological polar surface area (TPSA) is 108 Å². The van der Waals surface area contributed by atoms with Crippen molar-refractivity contribution in [3.05, 3.63) is 53.6 Å². The van der Waals surface area contributed by atoms with Gasteiger partial charge in [0.25, 0.3) is 5.91 Å². The number of tetrazole rings is 1. The van der Waals surface area contributed by atoms with Crippen LogP contribution >= 0.6 is 11.6 Å². The maximum atomic E-state index is 12.2. The summed E-state index contributed by atoms with van der Waals surface area (Å²) in [6, 6.07) is 13.7. The molecular weight excluding hydrogens is 398 g/mol. The molecule has 0 aliphatic rings. The summed E-state index contributed by atoms with van der Waals surface area (Å²) in [7, 11) is 1.55. The van der Waals surface area contributed by atoms with Crippen LogP contribution in [-0.4, -0.2) is 45.3 Å². The van der Waals surface area contributed by atoms with Gasteiger partial charge in [-0.2, -0.15) is 4.80 Å². The van der Waals surface area contributed by atoms with E-state index in [0.29, 0.717) is 27.8 Å². The van der Waals surface area contributed by atoms with Crippen molar-refractivity contribution in [1.82, 2.24) is 20.2 Å². The second-order valence-corrected chi connectivity index (χ2v) is 6.44. The van der Waals surface area contributed by atoms with Gasteiger partial charge in [0.2, 0.25) is 5.82 Å². The zero-order chi connectivity index (χ0) is 20.8. The summed E-state index contributed by atoms with van der Waals surface area (Å²) < 4.78 is 10.2. The Bertz CT molecular complexity index is 989. The molecule has 10 heteroatoms. The van der Waals surface area contributed by atoms with Crippen LogP contribution in [0.25, 0.3) is 11.4 Å². The van der Waals surface area contributed by atoms with E-state index in [2.05, 4.69) is 20.7 Å². The molecule has 2 aromatic carbocycles. The highest BCUT2D eigenvalue weighted by atomic mass is 35.5. The number of amides is 1. The summed E-state index contributed by atoms with van der Waals surface area (Å²) in [5, 5.41) is 15.1. The molecular formula is C19H18ClN5O4. The van der Waals surface area contributed by atoms with Gasteiger partial charge in [-0.25, -0.2) is 4.79 Å². The number of halogens is 1. The summed E-state index contributed by atoms with van der Waals surface area (Å²) in [5.74, 6) is -0.111. The number of aromatic nitrogens is 4. The minimum atomic E-state index is -0.996. The molecule has 0 saturated heterocycles. The Morgan fingerprint density at radius 1 is 1.14 bits per heavy atom.